The molecule has 21 heavy (non-hydrogen) atoms. The largest absolute Gasteiger partial charge is 0.327 e. The van der Waals surface area contributed by atoms with Crippen molar-refractivity contribution >= 4 is 34.2 Å². The minimum absolute atomic E-state index is 0.452. The van der Waals surface area contributed by atoms with E-state index in [0.29, 0.717) is 5.88 Å². The highest BCUT2D eigenvalue weighted by molar-refractivity contribution is 6.31. The first-order chi connectivity index (χ1) is 10.2. The molecule has 1 fully saturated rings. The van der Waals surface area contributed by atoms with E-state index in [9.17, 15) is 0 Å². The Balaban J connectivity index is 1.77. The summed E-state index contributed by atoms with van der Waals surface area (Å²) >= 11 is 12.2. The van der Waals surface area contributed by atoms with Crippen LogP contribution in [0.25, 0.3) is 11.0 Å². The maximum absolute atomic E-state index is 6.13. The highest BCUT2D eigenvalue weighted by Gasteiger charge is 2.19. The van der Waals surface area contributed by atoms with Crippen LogP contribution in [0.4, 0.5) is 0 Å². The van der Waals surface area contributed by atoms with E-state index in [4.69, 9.17) is 23.2 Å². The zero-order chi connectivity index (χ0) is 14.8. The van der Waals surface area contributed by atoms with Gasteiger partial charge in [0.15, 0.2) is 0 Å². The molecule has 0 atom stereocenters. The lowest BCUT2D eigenvalue weighted by Crippen LogP contribution is -2.15. The van der Waals surface area contributed by atoms with Crippen molar-refractivity contribution in [2.75, 3.05) is 0 Å². The first kappa shape index (κ1) is 15.2. The zero-order valence-electron chi connectivity index (χ0n) is 12.5. The summed E-state index contributed by atoms with van der Waals surface area (Å²) in [5.41, 5.74) is 2.11. The molecule has 0 bridgehead atoms. The maximum atomic E-state index is 6.13. The molecule has 1 aliphatic rings. The van der Waals surface area contributed by atoms with Gasteiger partial charge in [0.05, 0.1) is 16.9 Å². The van der Waals surface area contributed by atoms with Crippen molar-refractivity contribution in [3.05, 3.63) is 29.0 Å². The van der Waals surface area contributed by atoms with Crippen LogP contribution in [-0.2, 0) is 12.4 Å². The van der Waals surface area contributed by atoms with E-state index in [1.165, 1.54) is 32.1 Å². The van der Waals surface area contributed by atoms with Gasteiger partial charge in [-0.2, -0.15) is 0 Å². The highest BCUT2D eigenvalue weighted by Crippen LogP contribution is 2.31. The standard InChI is InChI=1S/C17H22Cl2N2/c1-12-2-4-13(5-3-12)8-9-21-16-10-14(19)6-7-15(16)20-17(21)11-18/h6-7,10,12-13H,2-5,8-9,11H2,1H3. The first-order valence-electron chi connectivity index (χ1n) is 7.88. The van der Waals surface area contributed by atoms with Crippen LogP contribution < -0.4 is 0 Å². The number of hydrogen-bond acceptors (Lipinski definition) is 1. The van der Waals surface area contributed by atoms with Crippen molar-refractivity contribution in [3.8, 4) is 0 Å². The van der Waals surface area contributed by atoms with E-state index in [0.717, 1.165) is 40.3 Å². The van der Waals surface area contributed by atoms with Gasteiger partial charge < -0.3 is 4.57 Å². The van der Waals surface area contributed by atoms with Gasteiger partial charge in [0.1, 0.15) is 5.82 Å². The Bertz CT molecular complexity index is 613. The van der Waals surface area contributed by atoms with Gasteiger partial charge in [0, 0.05) is 11.6 Å². The first-order valence-corrected chi connectivity index (χ1v) is 8.79. The van der Waals surface area contributed by atoms with Crippen molar-refractivity contribution in [1.29, 1.82) is 0 Å². The molecular formula is C17H22Cl2N2. The van der Waals surface area contributed by atoms with E-state index < -0.39 is 0 Å². The second kappa shape index (κ2) is 6.58. The van der Waals surface area contributed by atoms with Crippen LogP contribution in [0.15, 0.2) is 18.2 Å². The van der Waals surface area contributed by atoms with Gasteiger partial charge in [-0.3, -0.25) is 0 Å². The summed E-state index contributed by atoms with van der Waals surface area (Å²) in [4.78, 5) is 4.62. The molecule has 0 N–H and O–H groups in total. The average Bonchev–Trinajstić information content (AvgIpc) is 2.84. The Kier molecular flexibility index (Phi) is 4.75. The van der Waals surface area contributed by atoms with Crippen LogP contribution in [0.3, 0.4) is 0 Å². The summed E-state index contributed by atoms with van der Waals surface area (Å²) in [5.74, 6) is 3.17. The predicted octanol–water partition coefficient (Wildman–Crippen LogP) is 5.64. The van der Waals surface area contributed by atoms with Gasteiger partial charge in [-0.25, -0.2) is 4.98 Å². The van der Waals surface area contributed by atoms with E-state index in [1.54, 1.807) is 0 Å². The Morgan fingerprint density at radius 1 is 1.24 bits per heavy atom. The Morgan fingerprint density at radius 2 is 2.00 bits per heavy atom. The fraction of sp³-hybridized carbons (Fsp3) is 0.588. The van der Waals surface area contributed by atoms with Crippen molar-refractivity contribution in [2.45, 2.75) is 51.5 Å². The number of aromatic nitrogens is 2. The number of benzene rings is 1. The van der Waals surface area contributed by atoms with Gasteiger partial charge in [0.2, 0.25) is 0 Å². The minimum atomic E-state index is 0.452. The van der Waals surface area contributed by atoms with Crippen molar-refractivity contribution in [1.82, 2.24) is 9.55 Å². The summed E-state index contributed by atoms with van der Waals surface area (Å²) in [6.07, 6.45) is 6.71. The molecule has 1 saturated carbocycles. The third-order valence-corrected chi connectivity index (χ3v) is 5.28. The predicted molar refractivity (Wildman–Crippen MR) is 90.0 cm³/mol. The van der Waals surface area contributed by atoms with Crippen LogP contribution in [0.1, 0.15) is 44.9 Å². The molecule has 1 aromatic carbocycles. The number of hydrogen-bond donors (Lipinski definition) is 0. The molecule has 0 spiro atoms. The van der Waals surface area contributed by atoms with Crippen LogP contribution >= 0.6 is 23.2 Å². The Labute approximate surface area is 136 Å². The van der Waals surface area contributed by atoms with Crippen LogP contribution in [0, 0.1) is 11.8 Å². The Hall–Kier alpha value is -0.730. The molecule has 2 aromatic rings. The van der Waals surface area contributed by atoms with Gasteiger partial charge in [-0.05, 0) is 36.5 Å². The topological polar surface area (TPSA) is 17.8 Å². The molecule has 0 radical (unpaired) electrons. The highest BCUT2D eigenvalue weighted by atomic mass is 35.5. The van der Waals surface area contributed by atoms with E-state index in [1.807, 2.05) is 18.2 Å². The van der Waals surface area contributed by atoms with E-state index in [-0.39, 0.29) is 0 Å². The third kappa shape index (κ3) is 3.37. The van der Waals surface area contributed by atoms with E-state index in [2.05, 4.69) is 16.5 Å². The zero-order valence-corrected chi connectivity index (χ0v) is 14.0. The molecule has 0 aliphatic heterocycles. The molecule has 0 saturated heterocycles. The van der Waals surface area contributed by atoms with Crippen LogP contribution in [0.5, 0.6) is 0 Å². The molecule has 3 rings (SSSR count). The number of halogens is 2. The Morgan fingerprint density at radius 3 is 2.71 bits per heavy atom. The van der Waals surface area contributed by atoms with Crippen molar-refractivity contribution < 1.29 is 0 Å². The minimum Gasteiger partial charge on any atom is -0.327 e. The summed E-state index contributed by atoms with van der Waals surface area (Å²) in [7, 11) is 0. The molecule has 1 heterocycles. The van der Waals surface area contributed by atoms with Crippen molar-refractivity contribution in [3.63, 3.8) is 0 Å². The number of alkyl halides is 1. The lowest BCUT2D eigenvalue weighted by molar-refractivity contribution is 0.269. The number of rotatable bonds is 4. The summed E-state index contributed by atoms with van der Waals surface area (Å²) < 4.78 is 2.26. The number of imidazole rings is 1. The number of aryl methyl sites for hydroxylation is 1. The van der Waals surface area contributed by atoms with E-state index >= 15 is 0 Å². The molecule has 0 unspecified atom stereocenters. The molecule has 114 valence electrons. The van der Waals surface area contributed by atoms with Gasteiger partial charge in [-0.15, -0.1) is 11.6 Å². The quantitative estimate of drug-likeness (QED) is 0.665. The number of nitrogens with zero attached hydrogens (tertiary/aromatic N) is 2. The van der Waals surface area contributed by atoms with Gasteiger partial charge >= 0.3 is 0 Å². The second-order valence-corrected chi connectivity index (χ2v) is 7.06. The lowest BCUT2D eigenvalue weighted by atomic mass is 9.81. The van der Waals surface area contributed by atoms with Crippen molar-refractivity contribution in [2.24, 2.45) is 11.8 Å². The average molecular weight is 325 g/mol. The molecular weight excluding hydrogens is 303 g/mol. The fourth-order valence-electron chi connectivity index (χ4n) is 3.43. The van der Waals surface area contributed by atoms with Crippen LogP contribution in [0.2, 0.25) is 5.02 Å². The normalized spacial score (nSPS) is 22.8. The lowest BCUT2D eigenvalue weighted by Gasteiger charge is -2.26. The molecule has 2 nitrogen and oxygen atoms in total. The molecule has 4 heteroatoms. The van der Waals surface area contributed by atoms with Crippen LogP contribution in [-0.4, -0.2) is 9.55 Å². The summed E-state index contributed by atoms with van der Waals surface area (Å²) in [5, 5.41) is 0.760. The smallest absolute Gasteiger partial charge is 0.124 e. The molecule has 1 aliphatic carbocycles. The number of fused-ring (bicyclic) bond motifs is 1. The maximum Gasteiger partial charge on any atom is 0.124 e. The van der Waals surface area contributed by atoms with Gasteiger partial charge in [0.25, 0.3) is 0 Å². The fourth-order valence-corrected chi connectivity index (χ4v) is 3.80. The third-order valence-electron chi connectivity index (χ3n) is 4.81. The SMILES string of the molecule is CC1CCC(CCn2c(CCl)nc3ccc(Cl)cc32)CC1. The molecule has 1 aromatic heterocycles. The monoisotopic (exact) mass is 324 g/mol. The molecule has 0 amide bonds. The second-order valence-electron chi connectivity index (χ2n) is 6.36. The van der Waals surface area contributed by atoms with Gasteiger partial charge in [-0.1, -0.05) is 44.2 Å². The summed E-state index contributed by atoms with van der Waals surface area (Å²) in [6.45, 7) is 3.37. The summed E-state index contributed by atoms with van der Waals surface area (Å²) in [6, 6.07) is 5.87.